The maximum Gasteiger partial charge on any atom is 0.222 e. The zero-order chi connectivity index (χ0) is 13.8. The molecule has 19 heavy (non-hydrogen) atoms. The first-order valence-electron chi connectivity index (χ1n) is 6.78. The Labute approximate surface area is 114 Å². The minimum absolute atomic E-state index is 0.147. The number of carbonyl (C=O) groups is 1. The van der Waals surface area contributed by atoms with E-state index in [0.29, 0.717) is 25.9 Å². The van der Waals surface area contributed by atoms with E-state index in [0.717, 1.165) is 12.1 Å². The van der Waals surface area contributed by atoms with Crippen LogP contribution in [0.4, 0.5) is 5.69 Å². The number of benzene rings is 1. The smallest absolute Gasteiger partial charge is 0.222 e. The molecule has 1 fully saturated rings. The van der Waals surface area contributed by atoms with Gasteiger partial charge in [0.05, 0.1) is 6.10 Å². The second-order valence-corrected chi connectivity index (χ2v) is 5.34. The largest absolute Gasteiger partial charge is 0.391 e. The number of rotatable bonds is 4. The molecule has 0 aliphatic carbocycles. The fourth-order valence-corrected chi connectivity index (χ4v) is 2.34. The third-order valence-electron chi connectivity index (χ3n) is 3.60. The lowest BCUT2D eigenvalue weighted by atomic mass is 10.1. The summed E-state index contributed by atoms with van der Waals surface area (Å²) in [5.74, 6) is 0.147. The number of amides is 1. The van der Waals surface area contributed by atoms with Gasteiger partial charge in [-0.1, -0.05) is 12.1 Å². The maximum absolute atomic E-state index is 11.9. The SMILES string of the molecule is CN(C)c1ccc(CCC(=O)N2CCC(O)C2)cc1. The van der Waals surface area contributed by atoms with Gasteiger partial charge in [-0.25, -0.2) is 0 Å². The van der Waals surface area contributed by atoms with Crippen molar-refractivity contribution in [2.24, 2.45) is 0 Å². The molecule has 0 aromatic heterocycles. The van der Waals surface area contributed by atoms with Crippen LogP contribution >= 0.6 is 0 Å². The van der Waals surface area contributed by atoms with Crippen LogP contribution in [0.1, 0.15) is 18.4 Å². The fraction of sp³-hybridized carbons (Fsp3) is 0.533. The summed E-state index contributed by atoms with van der Waals surface area (Å²) >= 11 is 0. The van der Waals surface area contributed by atoms with Crippen molar-refractivity contribution in [1.82, 2.24) is 4.90 Å². The average Bonchev–Trinajstić information content (AvgIpc) is 2.83. The Bertz CT molecular complexity index is 428. The minimum atomic E-state index is -0.330. The number of anilines is 1. The summed E-state index contributed by atoms with van der Waals surface area (Å²) in [5, 5.41) is 9.42. The molecule has 0 bridgehead atoms. The molecular formula is C15H22N2O2. The molecule has 1 N–H and O–H groups in total. The van der Waals surface area contributed by atoms with Gasteiger partial charge in [0, 0.05) is 39.3 Å². The van der Waals surface area contributed by atoms with E-state index in [9.17, 15) is 9.90 Å². The van der Waals surface area contributed by atoms with Gasteiger partial charge in [0.25, 0.3) is 0 Å². The van der Waals surface area contributed by atoms with Gasteiger partial charge in [-0.15, -0.1) is 0 Å². The molecule has 1 amide bonds. The van der Waals surface area contributed by atoms with Gasteiger partial charge < -0.3 is 14.9 Å². The van der Waals surface area contributed by atoms with Gasteiger partial charge in [-0.05, 0) is 30.5 Å². The van der Waals surface area contributed by atoms with Crippen molar-refractivity contribution >= 4 is 11.6 Å². The van der Waals surface area contributed by atoms with Crippen LogP contribution in [-0.2, 0) is 11.2 Å². The number of nitrogens with zero attached hydrogens (tertiary/aromatic N) is 2. The molecule has 1 unspecified atom stereocenters. The van der Waals surface area contributed by atoms with Crippen LogP contribution in [0.2, 0.25) is 0 Å². The van der Waals surface area contributed by atoms with E-state index in [1.165, 1.54) is 5.56 Å². The third-order valence-corrected chi connectivity index (χ3v) is 3.60. The number of hydrogen-bond acceptors (Lipinski definition) is 3. The zero-order valence-corrected chi connectivity index (χ0v) is 11.7. The first kappa shape index (κ1) is 13.9. The van der Waals surface area contributed by atoms with E-state index in [1.54, 1.807) is 4.90 Å². The molecule has 1 aliphatic heterocycles. The molecular weight excluding hydrogens is 240 g/mol. The summed E-state index contributed by atoms with van der Waals surface area (Å²) in [5.41, 5.74) is 2.34. The lowest BCUT2D eigenvalue weighted by Gasteiger charge is -2.16. The van der Waals surface area contributed by atoms with E-state index in [1.807, 2.05) is 14.1 Å². The highest BCUT2D eigenvalue weighted by molar-refractivity contribution is 5.76. The molecule has 1 saturated heterocycles. The minimum Gasteiger partial charge on any atom is -0.391 e. The standard InChI is InChI=1S/C15H22N2O2/c1-16(2)13-6-3-12(4-7-13)5-8-15(19)17-10-9-14(18)11-17/h3-4,6-7,14,18H,5,8-11H2,1-2H3. The predicted molar refractivity (Wildman–Crippen MR) is 76.3 cm³/mol. The highest BCUT2D eigenvalue weighted by atomic mass is 16.3. The Morgan fingerprint density at radius 2 is 2.05 bits per heavy atom. The lowest BCUT2D eigenvalue weighted by Crippen LogP contribution is -2.29. The Hall–Kier alpha value is -1.55. The Kier molecular flexibility index (Phi) is 4.43. The molecule has 1 heterocycles. The second-order valence-electron chi connectivity index (χ2n) is 5.34. The van der Waals surface area contributed by atoms with Crippen LogP contribution in [0.3, 0.4) is 0 Å². The van der Waals surface area contributed by atoms with Gasteiger partial charge in [0.15, 0.2) is 0 Å². The van der Waals surface area contributed by atoms with E-state index < -0.39 is 0 Å². The summed E-state index contributed by atoms with van der Waals surface area (Å²) in [6, 6.07) is 8.28. The molecule has 104 valence electrons. The summed E-state index contributed by atoms with van der Waals surface area (Å²) in [4.78, 5) is 15.8. The molecule has 0 spiro atoms. The number of aryl methyl sites for hydroxylation is 1. The van der Waals surface area contributed by atoms with Crippen molar-refractivity contribution in [1.29, 1.82) is 0 Å². The number of carbonyl (C=O) groups excluding carboxylic acids is 1. The van der Waals surface area contributed by atoms with Crippen molar-refractivity contribution in [3.63, 3.8) is 0 Å². The Balaban J connectivity index is 1.83. The normalized spacial score (nSPS) is 18.7. The van der Waals surface area contributed by atoms with Gasteiger partial charge in [0.2, 0.25) is 5.91 Å². The Morgan fingerprint density at radius 3 is 2.58 bits per heavy atom. The molecule has 0 saturated carbocycles. The number of aliphatic hydroxyl groups is 1. The zero-order valence-electron chi connectivity index (χ0n) is 11.7. The summed E-state index contributed by atoms with van der Waals surface area (Å²) < 4.78 is 0. The molecule has 1 aliphatic rings. The highest BCUT2D eigenvalue weighted by Gasteiger charge is 2.23. The highest BCUT2D eigenvalue weighted by Crippen LogP contribution is 2.15. The van der Waals surface area contributed by atoms with Crippen molar-refractivity contribution in [2.75, 3.05) is 32.1 Å². The predicted octanol–water partition coefficient (Wildman–Crippen LogP) is 1.28. The van der Waals surface area contributed by atoms with Crippen LogP contribution in [-0.4, -0.2) is 49.2 Å². The van der Waals surface area contributed by atoms with E-state index >= 15 is 0 Å². The summed E-state index contributed by atoms with van der Waals surface area (Å²) in [6.45, 7) is 1.19. The van der Waals surface area contributed by atoms with Crippen molar-refractivity contribution in [3.8, 4) is 0 Å². The van der Waals surface area contributed by atoms with Crippen LogP contribution in [0.5, 0.6) is 0 Å². The van der Waals surface area contributed by atoms with Crippen LogP contribution in [0.15, 0.2) is 24.3 Å². The van der Waals surface area contributed by atoms with Crippen LogP contribution in [0.25, 0.3) is 0 Å². The molecule has 4 nitrogen and oxygen atoms in total. The van der Waals surface area contributed by atoms with Gasteiger partial charge in [0.1, 0.15) is 0 Å². The third kappa shape index (κ3) is 3.70. The second kappa shape index (κ2) is 6.06. The first-order valence-corrected chi connectivity index (χ1v) is 6.78. The molecule has 0 radical (unpaired) electrons. The van der Waals surface area contributed by atoms with Crippen LogP contribution < -0.4 is 4.90 Å². The molecule has 4 heteroatoms. The number of hydrogen-bond donors (Lipinski definition) is 1. The Morgan fingerprint density at radius 1 is 1.37 bits per heavy atom. The fourth-order valence-electron chi connectivity index (χ4n) is 2.34. The lowest BCUT2D eigenvalue weighted by molar-refractivity contribution is -0.130. The maximum atomic E-state index is 11.9. The van der Waals surface area contributed by atoms with E-state index in [4.69, 9.17) is 0 Å². The van der Waals surface area contributed by atoms with Gasteiger partial charge >= 0.3 is 0 Å². The van der Waals surface area contributed by atoms with Crippen molar-refractivity contribution in [2.45, 2.75) is 25.4 Å². The molecule has 1 atom stereocenters. The average molecular weight is 262 g/mol. The van der Waals surface area contributed by atoms with Crippen LogP contribution in [0, 0.1) is 0 Å². The number of β-amino-alcohol motifs (C(OH)–C–C–N with tert-alkyl or cyclic N) is 1. The van der Waals surface area contributed by atoms with Gasteiger partial charge in [-0.3, -0.25) is 4.79 Å². The molecule has 1 aromatic rings. The molecule has 1 aromatic carbocycles. The summed E-state index contributed by atoms with van der Waals surface area (Å²) in [6.07, 6.45) is 1.67. The topological polar surface area (TPSA) is 43.8 Å². The van der Waals surface area contributed by atoms with Gasteiger partial charge in [-0.2, -0.15) is 0 Å². The number of likely N-dealkylation sites (tertiary alicyclic amines) is 1. The van der Waals surface area contributed by atoms with E-state index in [-0.39, 0.29) is 12.0 Å². The van der Waals surface area contributed by atoms with Crippen molar-refractivity contribution in [3.05, 3.63) is 29.8 Å². The quantitative estimate of drug-likeness (QED) is 0.889. The van der Waals surface area contributed by atoms with Crippen molar-refractivity contribution < 1.29 is 9.90 Å². The summed E-state index contributed by atoms with van der Waals surface area (Å²) in [7, 11) is 4.02. The van der Waals surface area contributed by atoms with E-state index in [2.05, 4.69) is 29.2 Å². The first-order chi connectivity index (χ1) is 9.06. The molecule has 2 rings (SSSR count). The monoisotopic (exact) mass is 262 g/mol. The number of aliphatic hydroxyl groups excluding tert-OH is 1.